The molecule has 0 bridgehead atoms. The zero-order valence-corrected chi connectivity index (χ0v) is 10.7. The normalized spacial score (nSPS) is 10.7. The fourth-order valence-corrected chi connectivity index (χ4v) is 2.74. The lowest BCUT2D eigenvalue weighted by atomic mass is 10.3. The van der Waals surface area contributed by atoms with Crippen molar-refractivity contribution in [2.75, 3.05) is 11.9 Å². The number of nitrogens with one attached hydrogen (secondary N) is 1. The molecule has 90 valence electrons. The topological polar surface area (TPSA) is 37.8 Å². The summed E-state index contributed by atoms with van der Waals surface area (Å²) in [6, 6.07) is 12.2. The molecule has 0 unspecified atom stereocenters. The summed E-state index contributed by atoms with van der Waals surface area (Å²) < 4.78 is 1.21. The number of rotatable bonds is 4. The van der Waals surface area contributed by atoms with Crippen LogP contribution in [-0.4, -0.2) is 16.5 Å². The van der Waals surface area contributed by atoms with Gasteiger partial charge in [-0.05, 0) is 18.2 Å². The Kier molecular flexibility index (Phi) is 3.19. The third kappa shape index (κ3) is 2.49. The number of thiazole rings is 1. The lowest BCUT2D eigenvalue weighted by Gasteiger charge is -2.03. The number of benzene rings is 1. The number of hydrogen-bond acceptors (Lipinski definition) is 4. The van der Waals surface area contributed by atoms with Gasteiger partial charge < -0.3 is 5.32 Å². The van der Waals surface area contributed by atoms with E-state index in [0.29, 0.717) is 0 Å². The molecule has 1 aromatic carbocycles. The summed E-state index contributed by atoms with van der Waals surface area (Å²) in [7, 11) is 0. The van der Waals surface area contributed by atoms with Crippen LogP contribution in [0.4, 0.5) is 5.69 Å². The van der Waals surface area contributed by atoms with Crippen LogP contribution < -0.4 is 5.32 Å². The van der Waals surface area contributed by atoms with E-state index >= 15 is 0 Å². The fourth-order valence-electron chi connectivity index (χ4n) is 1.80. The molecule has 3 nitrogen and oxygen atoms in total. The molecule has 2 heterocycles. The van der Waals surface area contributed by atoms with E-state index < -0.39 is 0 Å². The first-order chi connectivity index (χ1) is 8.92. The lowest BCUT2D eigenvalue weighted by Crippen LogP contribution is -2.04. The highest BCUT2D eigenvalue weighted by Crippen LogP contribution is 2.20. The Hall–Kier alpha value is -1.94. The number of pyridine rings is 1. The van der Waals surface area contributed by atoms with Crippen LogP contribution in [0, 0.1) is 0 Å². The van der Waals surface area contributed by atoms with E-state index in [1.165, 1.54) is 4.70 Å². The van der Waals surface area contributed by atoms with Gasteiger partial charge in [-0.3, -0.25) is 4.98 Å². The van der Waals surface area contributed by atoms with Gasteiger partial charge in [0.15, 0.2) is 0 Å². The quantitative estimate of drug-likeness (QED) is 0.777. The highest BCUT2D eigenvalue weighted by molar-refractivity contribution is 7.18. The first kappa shape index (κ1) is 11.2. The van der Waals surface area contributed by atoms with Crippen LogP contribution in [0.25, 0.3) is 10.2 Å². The summed E-state index contributed by atoms with van der Waals surface area (Å²) in [5.41, 5.74) is 2.15. The second-order valence-corrected chi connectivity index (χ2v) is 5.11. The number of nitrogens with zero attached hydrogens (tertiary/aromatic N) is 2. The molecule has 0 saturated heterocycles. The Morgan fingerprint density at radius 1 is 1.11 bits per heavy atom. The summed E-state index contributed by atoms with van der Waals surface area (Å²) in [4.78, 5) is 8.64. The molecule has 0 atom stereocenters. The standard InChI is InChI=1S/C14H13N3S/c1-2-4-11(5-3-1)16-9-7-14-17-12-10-15-8-6-13(12)18-14/h1-6,8,10,16H,7,9H2. The molecule has 0 spiro atoms. The van der Waals surface area contributed by atoms with Gasteiger partial charge in [0.05, 0.1) is 21.4 Å². The van der Waals surface area contributed by atoms with Crippen molar-refractivity contribution in [3.63, 3.8) is 0 Å². The molecule has 0 fully saturated rings. The number of aromatic nitrogens is 2. The Morgan fingerprint density at radius 2 is 2.00 bits per heavy atom. The van der Waals surface area contributed by atoms with E-state index in [2.05, 4.69) is 27.4 Å². The Balaban J connectivity index is 1.63. The second-order valence-electron chi connectivity index (χ2n) is 3.99. The number of anilines is 1. The molecule has 3 rings (SSSR count). The van der Waals surface area contributed by atoms with Gasteiger partial charge in [-0.2, -0.15) is 0 Å². The minimum atomic E-state index is 0.900. The molecule has 0 amide bonds. The molecule has 4 heteroatoms. The van der Waals surface area contributed by atoms with Crippen molar-refractivity contribution in [3.8, 4) is 0 Å². The van der Waals surface area contributed by atoms with E-state index in [0.717, 1.165) is 29.2 Å². The van der Waals surface area contributed by atoms with Crippen molar-refractivity contribution in [1.82, 2.24) is 9.97 Å². The molecular weight excluding hydrogens is 242 g/mol. The Morgan fingerprint density at radius 3 is 2.83 bits per heavy atom. The minimum Gasteiger partial charge on any atom is -0.385 e. The third-order valence-electron chi connectivity index (χ3n) is 2.68. The van der Waals surface area contributed by atoms with Crippen molar-refractivity contribution in [2.45, 2.75) is 6.42 Å². The Bertz CT molecular complexity index is 601. The number of para-hydroxylation sites is 1. The monoisotopic (exact) mass is 255 g/mol. The molecule has 0 aliphatic carbocycles. The molecule has 2 aromatic heterocycles. The highest BCUT2D eigenvalue weighted by atomic mass is 32.1. The minimum absolute atomic E-state index is 0.900. The first-order valence-electron chi connectivity index (χ1n) is 5.90. The van der Waals surface area contributed by atoms with Crippen LogP contribution in [0.3, 0.4) is 0 Å². The first-order valence-corrected chi connectivity index (χ1v) is 6.72. The predicted octanol–water partition coefficient (Wildman–Crippen LogP) is 3.35. The summed E-state index contributed by atoms with van der Waals surface area (Å²) in [6.45, 7) is 0.900. The molecule has 1 N–H and O–H groups in total. The largest absolute Gasteiger partial charge is 0.385 e. The van der Waals surface area contributed by atoms with Crippen LogP contribution in [0.5, 0.6) is 0 Å². The van der Waals surface area contributed by atoms with Crippen LogP contribution in [0.2, 0.25) is 0 Å². The van der Waals surface area contributed by atoms with Crippen molar-refractivity contribution in [2.24, 2.45) is 0 Å². The van der Waals surface area contributed by atoms with Gasteiger partial charge in [0.2, 0.25) is 0 Å². The van der Waals surface area contributed by atoms with Crippen LogP contribution >= 0.6 is 11.3 Å². The molecule has 0 aliphatic heterocycles. The van der Waals surface area contributed by atoms with Crippen molar-refractivity contribution in [3.05, 3.63) is 53.8 Å². The van der Waals surface area contributed by atoms with Gasteiger partial charge >= 0.3 is 0 Å². The molecular formula is C14H13N3S. The second kappa shape index (κ2) is 5.14. The van der Waals surface area contributed by atoms with Crippen molar-refractivity contribution in [1.29, 1.82) is 0 Å². The maximum atomic E-state index is 4.56. The van der Waals surface area contributed by atoms with Gasteiger partial charge in [-0.15, -0.1) is 11.3 Å². The molecule has 3 aromatic rings. The molecule has 0 saturated carbocycles. The van der Waals surface area contributed by atoms with Crippen LogP contribution in [0.1, 0.15) is 5.01 Å². The Labute approximate surface area is 110 Å². The molecule has 18 heavy (non-hydrogen) atoms. The molecule has 0 radical (unpaired) electrons. The van der Waals surface area contributed by atoms with Gasteiger partial charge in [-0.25, -0.2) is 4.98 Å². The van der Waals surface area contributed by atoms with Crippen LogP contribution in [-0.2, 0) is 6.42 Å². The van der Waals surface area contributed by atoms with Crippen LogP contribution in [0.15, 0.2) is 48.8 Å². The highest BCUT2D eigenvalue weighted by Gasteiger charge is 2.02. The zero-order valence-electron chi connectivity index (χ0n) is 9.84. The SMILES string of the molecule is c1ccc(NCCc2nc3cnccc3s2)cc1. The van der Waals surface area contributed by atoms with E-state index in [4.69, 9.17) is 0 Å². The summed E-state index contributed by atoms with van der Waals surface area (Å²) in [5, 5.41) is 4.54. The lowest BCUT2D eigenvalue weighted by molar-refractivity contribution is 1.00. The van der Waals surface area contributed by atoms with Crippen molar-refractivity contribution < 1.29 is 0 Å². The zero-order chi connectivity index (χ0) is 12.2. The predicted molar refractivity (Wildman–Crippen MR) is 76.1 cm³/mol. The van der Waals surface area contributed by atoms with Gasteiger partial charge in [-0.1, -0.05) is 18.2 Å². The number of fused-ring (bicyclic) bond motifs is 1. The van der Waals surface area contributed by atoms with E-state index in [1.807, 2.05) is 36.7 Å². The van der Waals surface area contributed by atoms with Gasteiger partial charge in [0, 0.05) is 24.8 Å². The van der Waals surface area contributed by atoms with Gasteiger partial charge in [0.25, 0.3) is 0 Å². The average Bonchev–Trinajstić information content (AvgIpc) is 2.82. The summed E-state index contributed by atoms with van der Waals surface area (Å²) in [6.07, 6.45) is 4.57. The smallest absolute Gasteiger partial charge is 0.0998 e. The van der Waals surface area contributed by atoms with Crippen molar-refractivity contribution >= 4 is 27.2 Å². The average molecular weight is 255 g/mol. The third-order valence-corrected chi connectivity index (χ3v) is 3.77. The van der Waals surface area contributed by atoms with E-state index in [1.54, 1.807) is 11.3 Å². The number of hydrogen-bond donors (Lipinski definition) is 1. The summed E-state index contributed by atoms with van der Waals surface area (Å²) >= 11 is 1.74. The van der Waals surface area contributed by atoms with E-state index in [9.17, 15) is 0 Å². The summed E-state index contributed by atoms with van der Waals surface area (Å²) in [5.74, 6) is 0. The van der Waals surface area contributed by atoms with E-state index in [-0.39, 0.29) is 0 Å². The maximum absolute atomic E-state index is 4.56. The molecule has 0 aliphatic rings. The maximum Gasteiger partial charge on any atom is 0.0998 e. The van der Waals surface area contributed by atoms with Gasteiger partial charge in [0.1, 0.15) is 0 Å². The fraction of sp³-hybridized carbons (Fsp3) is 0.143.